The minimum atomic E-state index is -1.03. The number of phenols is 1. The Morgan fingerprint density at radius 1 is 0.800 bits per heavy atom. The normalized spacial score (nSPS) is 26.0. The van der Waals surface area contributed by atoms with Crippen molar-refractivity contribution >= 4 is 34.9 Å². The highest BCUT2D eigenvalue weighted by Crippen LogP contribution is 2.38. The predicted octanol–water partition coefficient (Wildman–Crippen LogP) is 3.43. The van der Waals surface area contributed by atoms with Crippen LogP contribution in [-0.2, 0) is 16.1 Å². The molecule has 3 saturated heterocycles. The van der Waals surface area contributed by atoms with Gasteiger partial charge in [0.25, 0.3) is 5.91 Å². The summed E-state index contributed by atoms with van der Waals surface area (Å²) < 4.78 is 28.1. The zero-order chi connectivity index (χ0) is 37.8. The summed E-state index contributed by atoms with van der Waals surface area (Å²) in [5.74, 6) is -1.20. The third-order valence-corrected chi connectivity index (χ3v) is 12.7. The maximum absolute atomic E-state index is 14.1. The van der Waals surface area contributed by atoms with E-state index < -0.39 is 23.4 Å². The number of fused-ring (bicyclic) bond motifs is 4. The van der Waals surface area contributed by atoms with E-state index >= 15 is 0 Å². The molecule has 6 heterocycles. The van der Waals surface area contributed by atoms with E-state index in [4.69, 9.17) is 0 Å². The number of piperidine rings is 1. The Morgan fingerprint density at radius 3 is 2.31 bits per heavy atom. The van der Waals surface area contributed by atoms with Gasteiger partial charge in [0.15, 0.2) is 17.4 Å². The summed E-state index contributed by atoms with van der Waals surface area (Å²) in [4.78, 5) is 48.9. The monoisotopic (exact) mass is 755 g/mol. The molecular weight excluding hydrogens is 708 g/mol. The lowest BCUT2D eigenvalue weighted by Crippen LogP contribution is -2.58. The Bertz CT molecular complexity index is 2000. The number of nitrogens with one attached hydrogen (secondary N) is 2. The molecule has 3 N–H and O–H groups in total. The van der Waals surface area contributed by atoms with Gasteiger partial charge in [-0.1, -0.05) is 6.07 Å². The van der Waals surface area contributed by atoms with Crippen LogP contribution in [0.25, 0.3) is 11.3 Å². The number of carbonyl (C=O) groups is 3. The molecule has 13 nitrogen and oxygen atoms in total. The van der Waals surface area contributed by atoms with Crippen LogP contribution in [0, 0.1) is 23.5 Å². The number of carbonyl (C=O) groups excluding carboxylic acids is 3. The second-order valence-electron chi connectivity index (χ2n) is 16.2. The zero-order valence-electron chi connectivity index (χ0n) is 30.9. The number of piperazine rings is 2. The van der Waals surface area contributed by atoms with Gasteiger partial charge in [0.2, 0.25) is 11.8 Å². The largest absolute Gasteiger partial charge is 0.504 e. The standard InChI is InChI=1S/C40H47F2N9O4/c41-27-15-31(37(53)32(42)16-27)33-18-35-38(46-45-33)43-19-29-23-48(11-14-50(29)35)21-25-3-1-24(2-4-25)20-47-9-12-49(13-10-47)28-6-5-26-22-51(40(55)30(26)17-28)34-7-8-36(52)44-39(34)54/h5-6,15-18,24-25,29,34,53H,1-4,7-14,19-23H2,(H,43,46)(H,44,52,54)/t24?,25?,29-,34?/m0/s1. The quantitative estimate of drug-likeness (QED) is 0.306. The highest BCUT2D eigenvalue weighted by molar-refractivity contribution is 6.05. The van der Waals surface area contributed by atoms with E-state index in [1.807, 2.05) is 12.1 Å². The van der Waals surface area contributed by atoms with Crippen molar-refractivity contribution in [3.05, 3.63) is 59.2 Å². The van der Waals surface area contributed by atoms with Gasteiger partial charge in [0, 0.05) is 101 Å². The fraction of sp³-hybridized carbons (Fsp3) is 0.525. The van der Waals surface area contributed by atoms with Crippen molar-refractivity contribution < 1.29 is 28.3 Å². The number of benzene rings is 2. The Morgan fingerprint density at radius 2 is 1.55 bits per heavy atom. The summed E-state index contributed by atoms with van der Waals surface area (Å²) in [6.07, 6.45) is 5.59. The topological polar surface area (TPSA) is 137 Å². The van der Waals surface area contributed by atoms with Crippen LogP contribution in [-0.4, -0.2) is 125 Å². The molecule has 1 aromatic heterocycles. The number of hydrogen-bond acceptors (Lipinski definition) is 11. The molecule has 0 spiro atoms. The molecule has 1 saturated carbocycles. The van der Waals surface area contributed by atoms with E-state index in [0.717, 1.165) is 88.5 Å². The molecule has 15 heteroatoms. The molecule has 0 radical (unpaired) electrons. The minimum Gasteiger partial charge on any atom is -0.504 e. The summed E-state index contributed by atoms with van der Waals surface area (Å²) in [5, 5.41) is 24.5. The van der Waals surface area contributed by atoms with Crippen molar-refractivity contribution in [2.75, 3.05) is 80.6 Å². The van der Waals surface area contributed by atoms with Crippen molar-refractivity contribution in [3.8, 4) is 17.0 Å². The van der Waals surface area contributed by atoms with E-state index in [1.165, 1.54) is 25.7 Å². The van der Waals surface area contributed by atoms with Crippen LogP contribution in [0.4, 0.5) is 26.0 Å². The SMILES string of the molecule is O=C1CCC(N2Cc3ccc(N4CCN(CC5CCC(CN6CCN7c8cc(-c9cc(F)cc(F)c9O)nnc8NC[C@H]7C6)CC5)CC4)cc3C2=O)C(=O)N1. The minimum absolute atomic E-state index is 0.0112. The summed E-state index contributed by atoms with van der Waals surface area (Å²) in [5.41, 5.74) is 3.70. The average molecular weight is 756 g/mol. The molecule has 0 bridgehead atoms. The number of halogens is 2. The third kappa shape index (κ3) is 7.08. The summed E-state index contributed by atoms with van der Waals surface area (Å²) in [6.45, 7) is 9.82. The first-order valence-electron chi connectivity index (χ1n) is 19.7. The van der Waals surface area contributed by atoms with Gasteiger partial charge in [-0.3, -0.25) is 29.5 Å². The van der Waals surface area contributed by atoms with Crippen LogP contribution >= 0.6 is 0 Å². The van der Waals surface area contributed by atoms with Crippen molar-refractivity contribution in [1.82, 2.24) is 30.2 Å². The lowest BCUT2D eigenvalue weighted by molar-refractivity contribution is -0.136. The van der Waals surface area contributed by atoms with Crippen LogP contribution in [0.5, 0.6) is 5.75 Å². The second-order valence-corrected chi connectivity index (χ2v) is 16.2. The first-order chi connectivity index (χ1) is 26.7. The lowest BCUT2D eigenvalue weighted by atomic mass is 9.81. The van der Waals surface area contributed by atoms with E-state index in [9.17, 15) is 28.3 Å². The number of phenolic OH excluding ortho intramolecular Hbond substituents is 1. The number of anilines is 3. The molecule has 3 aromatic rings. The Balaban J connectivity index is 0.728. The number of aromatic hydroxyl groups is 1. The smallest absolute Gasteiger partial charge is 0.255 e. The first-order valence-corrected chi connectivity index (χ1v) is 19.7. The number of rotatable bonds is 7. The van der Waals surface area contributed by atoms with E-state index in [-0.39, 0.29) is 41.4 Å². The molecule has 2 atom stereocenters. The summed E-state index contributed by atoms with van der Waals surface area (Å²) in [7, 11) is 0. The fourth-order valence-corrected chi connectivity index (χ4v) is 9.67. The Hall–Kier alpha value is -4.89. The van der Waals surface area contributed by atoms with Crippen LogP contribution in [0.2, 0.25) is 0 Å². The van der Waals surface area contributed by atoms with Gasteiger partial charge in [-0.25, -0.2) is 8.78 Å². The average Bonchev–Trinajstić information content (AvgIpc) is 3.51. The number of hydrogen-bond donors (Lipinski definition) is 3. The molecule has 1 aliphatic carbocycles. The molecule has 4 fully saturated rings. The zero-order valence-corrected chi connectivity index (χ0v) is 30.9. The van der Waals surface area contributed by atoms with Gasteiger partial charge in [-0.2, -0.15) is 0 Å². The van der Waals surface area contributed by atoms with Gasteiger partial charge in [-0.15, -0.1) is 10.2 Å². The van der Waals surface area contributed by atoms with E-state index in [1.54, 1.807) is 11.0 Å². The lowest BCUT2D eigenvalue weighted by Gasteiger charge is -2.47. The van der Waals surface area contributed by atoms with Crippen molar-refractivity contribution in [2.45, 2.75) is 57.2 Å². The highest BCUT2D eigenvalue weighted by atomic mass is 19.1. The number of aromatic nitrogens is 2. The van der Waals surface area contributed by atoms with E-state index in [0.29, 0.717) is 42.2 Å². The van der Waals surface area contributed by atoms with Gasteiger partial charge >= 0.3 is 0 Å². The van der Waals surface area contributed by atoms with Crippen LogP contribution in [0.3, 0.4) is 0 Å². The molecule has 55 heavy (non-hydrogen) atoms. The van der Waals surface area contributed by atoms with Gasteiger partial charge in [0.05, 0.1) is 17.4 Å². The summed E-state index contributed by atoms with van der Waals surface area (Å²) in [6, 6.07) is 9.23. The molecule has 9 rings (SSSR count). The molecule has 2 aromatic carbocycles. The molecule has 3 amide bonds. The fourth-order valence-electron chi connectivity index (χ4n) is 9.67. The molecule has 1 unspecified atom stereocenters. The van der Waals surface area contributed by atoms with Gasteiger partial charge in [0.1, 0.15) is 11.9 Å². The summed E-state index contributed by atoms with van der Waals surface area (Å²) >= 11 is 0. The third-order valence-electron chi connectivity index (χ3n) is 12.7. The van der Waals surface area contributed by atoms with Crippen molar-refractivity contribution in [3.63, 3.8) is 0 Å². The molecule has 5 aliphatic heterocycles. The first kappa shape index (κ1) is 35.8. The highest BCUT2D eigenvalue weighted by Gasteiger charge is 2.40. The van der Waals surface area contributed by atoms with Crippen LogP contribution in [0.15, 0.2) is 36.4 Å². The Labute approximate surface area is 318 Å². The molecule has 6 aliphatic rings. The van der Waals surface area contributed by atoms with E-state index in [2.05, 4.69) is 46.5 Å². The number of imide groups is 1. The Kier molecular flexibility index (Phi) is 9.53. The predicted molar refractivity (Wildman–Crippen MR) is 202 cm³/mol. The van der Waals surface area contributed by atoms with Gasteiger partial charge < -0.3 is 25.1 Å². The van der Waals surface area contributed by atoms with Gasteiger partial charge in [-0.05, 0) is 73.8 Å². The van der Waals surface area contributed by atoms with Crippen LogP contribution in [0.1, 0.15) is 54.4 Å². The molecular formula is C40H47F2N9O4. The van der Waals surface area contributed by atoms with Crippen LogP contribution < -0.4 is 20.4 Å². The number of amides is 3. The van der Waals surface area contributed by atoms with Crippen molar-refractivity contribution in [1.29, 1.82) is 0 Å². The maximum Gasteiger partial charge on any atom is 0.255 e. The second kappa shape index (κ2) is 14.6. The maximum atomic E-state index is 14.1. The molecule has 290 valence electrons. The van der Waals surface area contributed by atoms with Crippen molar-refractivity contribution in [2.24, 2.45) is 11.8 Å². The number of nitrogens with zero attached hydrogens (tertiary/aromatic N) is 7.